The summed E-state index contributed by atoms with van der Waals surface area (Å²) in [5.74, 6) is -0.402. The number of methoxy groups -OCH3 is 4. The molecule has 1 unspecified atom stereocenters. The number of ketones is 1. The maximum atomic E-state index is 14.5. The van der Waals surface area contributed by atoms with E-state index in [2.05, 4.69) is 5.32 Å². The maximum absolute atomic E-state index is 14.5. The quantitative estimate of drug-likeness (QED) is 0.216. The molecule has 0 bridgehead atoms. The third kappa shape index (κ3) is 6.38. The number of carbonyl (C=O) groups excluding carboxylic acids is 4. The Morgan fingerprint density at radius 2 is 1.53 bits per heavy atom. The van der Waals surface area contributed by atoms with E-state index >= 15 is 0 Å². The van der Waals surface area contributed by atoms with Crippen LogP contribution in [0.3, 0.4) is 0 Å². The highest BCUT2D eigenvalue weighted by Gasteiger charge is 2.40. The van der Waals surface area contributed by atoms with E-state index in [0.717, 1.165) is 4.90 Å². The van der Waals surface area contributed by atoms with Crippen molar-refractivity contribution < 1.29 is 47.6 Å². The lowest BCUT2D eigenvalue weighted by molar-refractivity contribution is -0.139. The zero-order valence-electron chi connectivity index (χ0n) is 27.2. The molecule has 0 aromatic heterocycles. The molecule has 2 aliphatic heterocycles. The van der Waals surface area contributed by atoms with Crippen LogP contribution in [0, 0.1) is 0 Å². The van der Waals surface area contributed by atoms with Crippen molar-refractivity contribution in [2.45, 2.75) is 12.6 Å². The zero-order valence-corrected chi connectivity index (χ0v) is 27.2. The van der Waals surface area contributed by atoms with Crippen molar-refractivity contribution in [2.24, 2.45) is 0 Å². The molecule has 6 rings (SSSR count). The van der Waals surface area contributed by atoms with Gasteiger partial charge in [0.1, 0.15) is 18.3 Å². The normalized spacial score (nSPS) is 13.4. The van der Waals surface area contributed by atoms with Gasteiger partial charge in [-0.2, -0.15) is 0 Å². The molecule has 13 nitrogen and oxygen atoms in total. The standard InChI is InChI=1S/C36H33N3O10/c1-44-24-12-9-21(10-13-24)18-39(31(40)19-38-26-8-6-5-7-25(26)33(41)36(38)43)32(22-15-29(45-2)34(47-4)30(16-22)46-3)35(42)37-23-11-14-27-28(17-23)49-20-48-27/h5-17,32H,18-20H2,1-4H3,(H,37,42). The Morgan fingerprint density at radius 3 is 2.20 bits per heavy atom. The zero-order chi connectivity index (χ0) is 34.7. The number of rotatable bonds is 12. The number of fused-ring (bicyclic) bond motifs is 2. The predicted molar refractivity (Wildman–Crippen MR) is 177 cm³/mol. The minimum absolute atomic E-state index is 0.0474. The fourth-order valence-electron chi connectivity index (χ4n) is 5.80. The highest BCUT2D eigenvalue weighted by molar-refractivity contribution is 6.52. The van der Waals surface area contributed by atoms with Crippen molar-refractivity contribution in [2.75, 3.05) is 52.0 Å². The molecule has 3 amide bonds. The Hall–Kier alpha value is -6.24. The molecule has 1 N–H and O–H groups in total. The topological polar surface area (TPSA) is 142 Å². The third-order valence-electron chi connectivity index (χ3n) is 8.21. The summed E-state index contributed by atoms with van der Waals surface area (Å²) in [4.78, 5) is 57.5. The van der Waals surface area contributed by atoms with Crippen molar-refractivity contribution in [3.63, 3.8) is 0 Å². The number of Topliss-reactive ketones (excluding diaryl/α,β-unsaturated/α-hetero) is 1. The van der Waals surface area contributed by atoms with Crippen LogP contribution in [0.25, 0.3) is 0 Å². The van der Waals surface area contributed by atoms with Gasteiger partial charge < -0.3 is 38.6 Å². The smallest absolute Gasteiger partial charge is 0.299 e. The van der Waals surface area contributed by atoms with Crippen molar-refractivity contribution in [3.05, 3.63) is 95.6 Å². The number of hydrogen-bond acceptors (Lipinski definition) is 10. The summed E-state index contributed by atoms with van der Waals surface area (Å²) in [5, 5.41) is 2.90. The second-order valence-electron chi connectivity index (χ2n) is 11.0. The lowest BCUT2D eigenvalue weighted by Crippen LogP contribution is -2.46. The molecule has 0 saturated heterocycles. The number of para-hydroxylation sites is 1. The molecule has 252 valence electrons. The summed E-state index contributed by atoms with van der Waals surface area (Å²) in [5.41, 5.74) is 1.87. The molecule has 1 atom stereocenters. The summed E-state index contributed by atoms with van der Waals surface area (Å²) < 4.78 is 32.9. The molecule has 13 heteroatoms. The largest absolute Gasteiger partial charge is 0.497 e. The molecule has 0 spiro atoms. The third-order valence-corrected chi connectivity index (χ3v) is 8.21. The number of anilines is 2. The average Bonchev–Trinajstić information content (AvgIpc) is 3.69. The van der Waals surface area contributed by atoms with Crippen LogP contribution in [-0.2, 0) is 20.9 Å². The number of nitrogens with one attached hydrogen (secondary N) is 1. The lowest BCUT2D eigenvalue weighted by Gasteiger charge is -2.33. The van der Waals surface area contributed by atoms with Crippen LogP contribution in [0.5, 0.6) is 34.5 Å². The summed E-state index contributed by atoms with van der Waals surface area (Å²) in [6.07, 6.45) is 0. The van der Waals surface area contributed by atoms with Gasteiger partial charge in [-0.1, -0.05) is 24.3 Å². The predicted octanol–water partition coefficient (Wildman–Crippen LogP) is 4.39. The first kappa shape index (κ1) is 32.7. The molecule has 0 fully saturated rings. The van der Waals surface area contributed by atoms with Gasteiger partial charge in [0.05, 0.1) is 39.7 Å². The van der Waals surface area contributed by atoms with Crippen LogP contribution in [0.4, 0.5) is 11.4 Å². The summed E-state index contributed by atoms with van der Waals surface area (Å²) in [6.45, 7) is -0.544. The van der Waals surface area contributed by atoms with Crippen LogP contribution < -0.4 is 38.6 Å². The molecular formula is C36H33N3O10. The van der Waals surface area contributed by atoms with Gasteiger partial charge in [0.2, 0.25) is 18.4 Å². The first-order valence-electron chi connectivity index (χ1n) is 15.1. The summed E-state index contributed by atoms with van der Waals surface area (Å²) in [7, 11) is 5.88. The van der Waals surface area contributed by atoms with Crippen LogP contribution in [0.2, 0.25) is 0 Å². The van der Waals surface area contributed by atoms with E-state index < -0.39 is 36.1 Å². The Labute approximate surface area is 281 Å². The number of carbonyl (C=O) groups is 4. The first-order valence-corrected chi connectivity index (χ1v) is 15.1. The monoisotopic (exact) mass is 667 g/mol. The molecule has 49 heavy (non-hydrogen) atoms. The van der Waals surface area contributed by atoms with Gasteiger partial charge >= 0.3 is 0 Å². The molecule has 4 aromatic carbocycles. The highest BCUT2D eigenvalue weighted by Crippen LogP contribution is 2.42. The van der Waals surface area contributed by atoms with E-state index in [9.17, 15) is 19.2 Å². The van der Waals surface area contributed by atoms with E-state index in [1.165, 1.54) is 39.4 Å². The van der Waals surface area contributed by atoms with Crippen LogP contribution >= 0.6 is 0 Å². The lowest BCUT2D eigenvalue weighted by atomic mass is 10.0. The second kappa shape index (κ2) is 13.9. The van der Waals surface area contributed by atoms with Gasteiger partial charge in [0.25, 0.3) is 17.6 Å². The van der Waals surface area contributed by atoms with Gasteiger partial charge in [-0.15, -0.1) is 0 Å². The summed E-state index contributed by atoms with van der Waals surface area (Å²) >= 11 is 0. The van der Waals surface area contributed by atoms with Crippen molar-refractivity contribution in [1.82, 2.24) is 4.90 Å². The van der Waals surface area contributed by atoms with Crippen LogP contribution in [0.1, 0.15) is 27.5 Å². The van der Waals surface area contributed by atoms with Crippen molar-refractivity contribution in [1.29, 1.82) is 0 Å². The van der Waals surface area contributed by atoms with Crippen molar-refractivity contribution >= 4 is 34.9 Å². The molecule has 0 aliphatic carbocycles. The molecule has 0 saturated carbocycles. The fraction of sp³-hybridized carbons (Fsp3) is 0.222. The van der Waals surface area contributed by atoms with Crippen molar-refractivity contribution in [3.8, 4) is 34.5 Å². The van der Waals surface area contributed by atoms with E-state index in [-0.39, 0.29) is 36.1 Å². The maximum Gasteiger partial charge on any atom is 0.299 e. The Kier molecular flexibility index (Phi) is 9.24. The highest BCUT2D eigenvalue weighted by atomic mass is 16.7. The Balaban J connectivity index is 1.46. The van der Waals surface area contributed by atoms with Crippen LogP contribution in [-0.4, -0.2) is 70.2 Å². The number of benzene rings is 4. The van der Waals surface area contributed by atoms with Gasteiger partial charge in [-0.3, -0.25) is 24.1 Å². The van der Waals surface area contributed by atoms with E-state index in [1.807, 2.05) is 0 Å². The SMILES string of the molecule is COc1ccc(CN(C(=O)CN2C(=O)C(=O)c3ccccc32)C(C(=O)Nc2ccc3c(c2)OCO3)c2cc(OC)c(OC)c(OC)c2)cc1. The Morgan fingerprint density at radius 1 is 0.837 bits per heavy atom. The minimum Gasteiger partial charge on any atom is -0.497 e. The summed E-state index contributed by atoms with van der Waals surface area (Å²) in [6, 6.07) is 20.2. The molecular weight excluding hydrogens is 634 g/mol. The fourth-order valence-corrected chi connectivity index (χ4v) is 5.80. The van der Waals surface area contributed by atoms with Crippen LogP contribution in [0.15, 0.2) is 78.9 Å². The number of amides is 3. The number of nitrogens with zero attached hydrogens (tertiary/aromatic N) is 2. The van der Waals surface area contributed by atoms with Gasteiger partial charge in [-0.05, 0) is 59.7 Å². The van der Waals surface area contributed by atoms with E-state index in [1.54, 1.807) is 72.8 Å². The van der Waals surface area contributed by atoms with Gasteiger partial charge in [0, 0.05) is 18.3 Å². The minimum atomic E-state index is -1.32. The van der Waals surface area contributed by atoms with E-state index in [4.69, 9.17) is 28.4 Å². The number of hydrogen-bond donors (Lipinski definition) is 1. The van der Waals surface area contributed by atoms with E-state index in [0.29, 0.717) is 39.8 Å². The average molecular weight is 668 g/mol. The Bertz CT molecular complexity index is 1900. The first-order chi connectivity index (χ1) is 23.8. The van der Waals surface area contributed by atoms with Gasteiger partial charge in [0.15, 0.2) is 23.0 Å². The molecule has 2 aliphatic rings. The number of ether oxygens (including phenoxy) is 6. The second-order valence-corrected chi connectivity index (χ2v) is 11.0. The molecule has 0 radical (unpaired) electrons. The molecule has 4 aromatic rings. The van der Waals surface area contributed by atoms with Gasteiger partial charge in [-0.25, -0.2) is 0 Å². The molecule has 2 heterocycles.